The molecule has 2 heterocycles. The number of rotatable bonds is 9. The number of anilines is 1. The molecule has 31 heavy (non-hydrogen) atoms. The number of methoxy groups -OCH3 is 1. The molecule has 3 rings (SSSR count). The van der Waals surface area contributed by atoms with Crippen LogP contribution in [0.5, 0.6) is 11.5 Å². The van der Waals surface area contributed by atoms with E-state index in [2.05, 4.69) is 10.3 Å². The maximum absolute atomic E-state index is 12.5. The number of thiophene rings is 1. The highest BCUT2D eigenvalue weighted by Gasteiger charge is 2.24. The number of carbonyl (C=O) groups excluding carboxylic acids is 1. The van der Waals surface area contributed by atoms with Gasteiger partial charge in [0.25, 0.3) is 10.0 Å². The van der Waals surface area contributed by atoms with E-state index in [-0.39, 0.29) is 10.8 Å². The van der Waals surface area contributed by atoms with Gasteiger partial charge in [0.2, 0.25) is 5.91 Å². The van der Waals surface area contributed by atoms with Gasteiger partial charge in [0.05, 0.1) is 18.0 Å². The molecule has 0 fully saturated rings. The third-order valence-electron chi connectivity index (χ3n) is 4.17. The van der Waals surface area contributed by atoms with E-state index in [0.717, 1.165) is 21.2 Å². The second-order valence-corrected chi connectivity index (χ2v) is 10.4. The van der Waals surface area contributed by atoms with E-state index in [1.165, 1.54) is 26.3 Å². The summed E-state index contributed by atoms with van der Waals surface area (Å²) >= 11 is 6.75. The van der Waals surface area contributed by atoms with E-state index >= 15 is 0 Å². The van der Waals surface area contributed by atoms with Crippen molar-refractivity contribution in [3.63, 3.8) is 0 Å². The van der Waals surface area contributed by atoms with Crippen molar-refractivity contribution in [2.45, 2.75) is 10.8 Å². The predicted octanol–water partition coefficient (Wildman–Crippen LogP) is 3.64. The lowest BCUT2D eigenvalue weighted by atomic mass is 10.2. The lowest BCUT2D eigenvalue weighted by Gasteiger charge is -2.16. The second-order valence-electron chi connectivity index (χ2n) is 6.38. The van der Waals surface area contributed by atoms with Crippen LogP contribution < -0.4 is 14.8 Å². The van der Waals surface area contributed by atoms with Crippen LogP contribution in [-0.4, -0.2) is 44.3 Å². The largest absolute Gasteiger partial charge is 0.493 e. The van der Waals surface area contributed by atoms with Gasteiger partial charge in [-0.2, -0.15) is 4.31 Å². The van der Waals surface area contributed by atoms with Crippen LogP contribution in [0, 0.1) is 0 Å². The molecule has 0 atom stereocenters. The third kappa shape index (κ3) is 5.95. The van der Waals surface area contributed by atoms with E-state index in [9.17, 15) is 13.2 Å². The van der Waals surface area contributed by atoms with Gasteiger partial charge < -0.3 is 14.8 Å². The fourth-order valence-corrected chi connectivity index (χ4v) is 5.41. The molecule has 0 spiro atoms. The Balaban J connectivity index is 1.66. The third-order valence-corrected chi connectivity index (χ3v) is 7.67. The minimum atomic E-state index is -3.81. The molecule has 3 aromatic rings. The first-order chi connectivity index (χ1) is 14.8. The number of amides is 1. The van der Waals surface area contributed by atoms with Crippen molar-refractivity contribution in [2.24, 2.45) is 0 Å². The Kier molecular flexibility index (Phi) is 7.50. The molecule has 0 radical (unpaired) electrons. The molecule has 164 valence electrons. The zero-order valence-corrected chi connectivity index (χ0v) is 19.1. The molecule has 1 N–H and O–H groups in total. The summed E-state index contributed by atoms with van der Waals surface area (Å²) in [4.78, 5) is 16.4. The summed E-state index contributed by atoms with van der Waals surface area (Å²) in [5, 5.41) is 2.68. The molecule has 1 amide bonds. The Morgan fingerprint density at radius 3 is 2.55 bits per heavy atom. The standard InChI is InChI=1S/C20H20ClN3O5S2/c1-24(31(26,27)20-6-5-18(21)30-20)12-19(25)23-15-3-4-16(28-2)17(11-15)29-13-14-7-9-22-10-8-14/h3-11H,12-13H2,1-2H3,(H,23,25). The van der Waals surface area contributed by atoms with E-state index in [1.54, 1.807) is 30.6 Å². The highest BCUT2D eigenvalue weighted by atomic mass is 35.5. The van der Waals surface area contributed by atoms with Gasteiger partial charge in [-0.3, -0.25) is 9.78 Å². The number of nitrogens with one attached hydrogen (secondary N) is 1. The van der Waals surface area contributed by atoms with Gasteiger partial charge in [-0.05, 0) is 42.0 Å². The lowest BCUT2D eigenvalue weighted by molar-refractivity contribution is -0.116. The van der Waals surface area contributed by atoms with Crippen LogP contribution in [0.1, 0.15) is 5.56 Å². The van der Waals surface area contributed by atoms with E-state index in [0.29, 0.717) is 28.1 Å². The smallest absolute Gasteiger partial charge is 0.252 e. The van der Waals surface area contributed by atoms with Gasteiger partial charge in [0.15, 0.2) is 11.5 Å². The molecule has 0 saturated carbocycles. The molecule has 8 nitrogen and oxygen atoms in total. The summed E-state index contributed by atoms with van der Waals surface area (Å²) in [5.41, 5.74) is 1.37. The van der Waals surface area contributed by atoms with Crippen LogP contribution in [0.25, 0.3) is 0 Å². The highest BCUT2D eigenvalue weighted by Crippen LogP contribution is 2.31. The van der Waals surface area contributed by atoms with Crippen LogP contribution in [-0.2, 0) is 21.4 Å². The van der Waals surface area contributed by atoms with Gasteiger partial charge in [0, 0.05) is 31.2 Å². The summed E-state index contributed by atoms with van der Waals surface area (Å²) in [6.07, 6.45) is 3.34. The topological polar surface area (TPSA) is 97.8 Å². The van der Waals surface area contributed by atoms with Gasteiger partial charge in [-0.1, -0.05) is 11.6 Å². The second kappa shape index (κ2) is 10.1. The Labute approximate surface area is 189 Å². The van der Waals surface area contributed by atoms with Crippen molar-refractivity contribution in [2.75, 3.05) is 26.0 Å². The molecule has 0 saturated heterocycles. The van der Waals surface area contributed by atoms with Crippen molar-refractivity contribution in [1.82, 2.24) is 9.29 Å². The summed E-state index contributed by atoms with van der Waals surface area (Å²) in [5.74, 6) is 0.437. The maximum Gasteiger partial charge on any atom is 0.252 e. The number of ether oxygens (including phenoxy) is 2. The molecule has 0 aliphatic rings. The van der Waals surface area contributed by atoms with Crippen molar-refractivity contribution >= 4 is 44.6 Å². The van der Waals surface area contributed by atoms with Gasteiger partial charge >= 0.3 is 0 Å². The average molecular weight is 482 g/mol. The predicted molar refractivity (Wildman–Crippen MR) is 119 cm³/mol. The van der Waals surface area contributed by atoms with E-state index in [1.807, 2.05) is 12.1 Å². The number of sulfonamides is 1. The van der Waals surface area contributed by atoms with Crippen LogP contribution in [0.2, 0.25) is 4.34 Å². The van der Waals surface area contributed by atoms with Gasteiger partial charge in [-0.25, -0.2) is 8.42 Å². The number of halogens is 1. The molecule has 1 aromatic carbocycles. The number of aromatic nitrogens is 1. The highest BCUT2D eigenvalue weighted by molar-refractivity contribution is 7.91. The number of likely N-dealkylation sites (N-methyl/N-ethyl adjacent to an activating group) is 1. The summed E-state index contributed by atoms with van der Waals surface area (Å²) in [6.45, 7) is -0.0717. The van der Waals surface area contributed by atoms with E-state index < -0.39 is 15.9 Å². The Hall–Kier alpha value is -2.66. The van der Waals surface area contributed by atoms with Crippen molar-refractivity contribution in [3.8, 4) is 11.5 Å². The maximum atomic E-state index is 12.5. The first kappa shape index (κ1) is 23.0. The fourth-order valence-electron chi connectivity index (χ4n) is 2.59. The number of pyridine rings is 1. The van der Waals surface area contributed by atoms with Crippen LogP contribution in [0.3, 0.4) is 0 Å². The molecule has 11 heteroatoms. The number of nitrogens with zero attached hydrogens (tertiary/aromatic N) is 2. The molecular weight excluding hydrogens is 462 g/mol. The Bertz CT molecular complexity index is 1150. The number of benzene rings is 1. The number of carbonyl (C=O) groups is 1. The molecule has 0 unspecified atom stereocenters. The van der Waals surface area contributed by atoms with Gasteiger partial charge in [-0.15, -0.1) is 11.3 Å². The van der Waals surface area contributed by atoms with Gasteiger partial charge in [0.1, 0.15) is 10.8 Å². The Morgan fingerprint density at radius 2 is 1.90 bits per heavy atom. The molecule has 2 aromatic heterocycles. The van der Waals surface area contributed by atoms with Crippen molar-refractivity contribution in [1.29, 1.82) is 0 Å². The molecule has 0 bridgehead atoms. The van der Waals surface area contributed by atoms with Crippen molar-refractivity contribution < 1.29 is 22.7 Å². The minimum absolute atomic E-state index is 0.0732. The Morgan fingerprint density at radius 1 is 1.16 bits per heavy atom. The van der Waals surface area contributed by atoms with Crippen LogP contribution >= 0.6 is 22.9 Å². The van der Waals surface area contributed by atoms with Crippen molar-refractivity contribution in [3.05, 3.63) is 64.8 Å². The average Bonchev–Trinajstić information content (AvgIpc) is 3.20. The fraction of sp³-hybridized carbons (Fsp3) is 0.200. The molecule has 0 aliphatic heterocycles. The normalized spacial score (nSPS) is 11.4. The number of hydrogen-bond acceptors (Lipinski definition) is 7. The summed E-state index contributed by atoms with van der Waals surface area (Å²) in [7, 11) is -0.956. The monoisotopic (exact) mass is 481 g/mol. The van der Waals surface area contributed by atoms with Crippen LogP contribution in [0.4, 0.5) is 5.69 Å². The lowest BCUT2D eigenvalue weighted by Crippen LogP contribution is -2.34. The first-order valence-corrected chi connectivity index (χ1v) is 11.6. The van der Waals surface area contributed by atoms with Crippen LogP contribution in [0.15, 0.2) is 59.1 Å². The first-order valence-electron chi connectivity index (χ1n) is 9.01. The molecular formula is C20H20ClN3O5S2. The molecule has 0 aliphatic carbocycles. The zero-order chi connectivity index (χ0) is 22.4. The SMILES string of the molecule is COc1ccc(NC(=O)CN(C)S(=O)(=O)c2ccc(Cl)s2)cc1OCc1ccncc1. The summed E-state index contributed by atoms with van der Waals surface area (Å²) < 4.78 is 37.6. The zero-order valence-electron chi connectivity index (χ0n) is 16.7. The summed E-state index contributed by atoms with van der Waals surface area (Å²) in [6, 6.07) is 11.5. The number of hydrogen-bond donors (Lipinski definition) is 1. The van der Waals surface area contributed by atoms with E-state index in [4.69, 9.17) is 21.1 Å². The minimum Gasteiger partial charge on any atom is -0.493 e. The quantitative estimate of drug-likeness (QED) is 0.501.